The monoisotopic (exact) mass is 553 g/mol. The van der Waals surface area contributed by atoms with Crippen LogP contribution in [-0.4, -0.2) is 70.4 Å². The molecule has 9 heteroatoms. The predicted molar refractivity (Wildman–Crippen MR) is 141 cm³/mol. The molecule has 0 amide bonds. The summed E-state index contributed by atoms with van der Waals surface area (Å²) in [6.45, 7) is 3.64. The molecule has 1 aromatic carbocycles. The molecule has 0 unspecified atom stereocenters. The van der Waals surface area contributed by atoms with Gasteiger partial charge in [-0.05, 0) is 68.4 Å². The Bertz CT molecular complexity index is 1340. The lowest BCUT2D eigenvalue weighted by Gasteiger charge is -2.62. The van der Waals surface area contributed by atoms with Crippen molar-refractivity contribution in [2.75, 3.05) is 20.3 Å². The summed E-state index contributed by atoms with van der Waals surface area (Å²) in [5.74, 6) is -2.21. The number of halogens is 1. The lowest BCUT2D eigenvalue weighted by Crippen LogP contribution is -2.69. The number of carbonyl (C=O) groups excluding carboxylic acids is 3. The van der Waals surface area contributed by atoms with Gasteiger partial charge >= 0.3 is 5.97 Å². The number of aliphatic hydroxyl groups excluding tert-OH is 2. The molecule has 4 fully saturated rings. The maximum atomic E-state index is 17.5. The van der Waals surface area contributed by atoms with Crippen molar-refractivity contribution in [1.29, 1.82) is 0 Å². The Kier molecular flexibility index (Phi) is 6.27. The number of hydroxylamine groups is 2. The molecule has 5 aliphatic rings. The van der Waals surface area contributed by atoms with Crippen molar-refractivity contribution in [2.45, 2.75) is 63.4 Å². The minimum Gasteiger partial charge on any atom is -0.465 e. The van der Waals surface area contributed by atoms with Crippen LogP contribution in [0.15, 0.2) is 48.1 Å². The third kappa shape index (κ3) is 3.41. The second kappa shape index (κ2) is 9.14. The molecule has 1 aromatic rings. The van der Waals surface area contributed by atoms with Crippen LogP contribution in [-0.2, 0) is 25.7 Å². The van der Waals surface area contributed by atoms with Gasteiger partial charge in [0.1, 0.15) is 6.61 Å². The highest BCUT2D eigenvalue weighted by molar-refractivity contribution is 6.01. The topological polar surface area (TPSA) is 113 Å². The van der Waals surface area contributed by atoms with E-state index < -0.39 is 52.5 Å². The lowest BCUT2D eigenvalue weighted by atomic mass is 9.44. The number of ether oxygens (including phenoxy) is 1. The zero-order chi connectivity index (χ0) is 28.7. The third-order valence-corrected chi connectivity index (χ3v) is 11.0. The highest BCUT2D eigenvalue weighted by Gasteiger charge is 2.78. The first-order valence-corrected chi connectivity index (χ1v) is 14.0. The molecule has 3 saturated carbocycles. The molecule has 1 heterocycles. The van der Waals surface area contributed by atoms with E-state index in [2.05, 4.69) is 0 Å². The van der Waals surface area contributed by atoms with Crippen LogP contribution in [0.25, 0.3) is 0 Å². The van der Waals surface area contributed by atoms with E-state index in [9.17, 15) is 24.6 Å². The molecule has 2 N–H and O–H groups in total. The summed E-state index contributed by atoms with van der Waals surface area (Å²) in [6.07, 6.45) is 4.62. The summed E-state index contributed by atoms with van der Waals surface area (Å²) < 4.78 is 22.3. The van der Waals surface area contributed by atoms with Gasteiger partial charge in [0.25, 0.3) is 0 Å². The van der Waals surface area contributed by atoms with E-state index >= 15 is 4.39 Å². The van der Waals surface area contributed by atoms with Crippen molar-refractivity contribution in [1.82, 2.24) is 5.06 Å². The van der Waals surface area contributed by atoms with Crippen molar-refractivity contribution in [2.24, 2.45) is 28.6 Å². The molecule has 0 spiro atoms. The van der Waals surface area contributed by atoms with Crippen LogP contribution in [0, 0.1) is 28.6 Å². The van der Waals surface area contributed by atoms with Crippen LogP contribution in [0.2, 0.25) is 0 Å². The molecule has 0 aromatic heterocycles. The van der Waals surface area contributed by atoms with Crippen molar-refractivity contribution >= 4 is 17.5 Å². The van der Waals surface area contributed by atoms with Crippen LogP contribution in [0.5, 0.6) is 0 Å². The lowest BCUT2D eigenvalue weighted by molar-refractivity contribution is -0.268. The number of ketones is 2. The van der Waals surface area contributed by atoms with Crippen molar-refractivity contribution in [3.05, 3.63) is 59.2 Å². The van der Waals surface area contributed by atoms with Gasteiger partial charge in [-0.15, -0.1) is 0 Å². The number of fused-ring (bicyclic) bond motifs is 7. The number of esters is 1. The number of alkyl halides is 1. The fourth-order valence-corrected chi connectivity index (χ4v) is 9.16. The molecular formula is C31H36FNO7. The maximum absolute atomic E-state index is 17.5. The Morgan fingerprint density at radius 1 is 1.25 bits per heavy atom. The smallest absolute Gasteiger partial charge is 0.337 e. The Morgan fingerprint density at radius 3 is 2.75 bits per heavy atom. The van der Waals surface area contributed by atoms with Gasteiger partial charge < -0.3 is 14.9 Å². The number of Topliss-reactive ketones (excluding diaryl/α,β-unsaturated/α-hetero) is 1. The fourth-order valence-electron chi connectivity index (χ4n) is 9.16. The highest BCUT2D eigenvalue weighted by atomic mass is 19.1. The van der Waals surface area contributed by atoms with E-state index in [-0.39, 0.29) is 24.0 Å². The Morgan fingerprint density at radius 2 is 2.02 bits per heavy atom. The van der Waals surface area contributed by atoms with Crippen LogP contribution < -0.4 is 0 Å². The van der Waals surface area contributed by atoms with Gasteiger partial charge in [0.2, 0.25) is 0 Å². The number of aliphatic hydroxyl groups is 2. The number of benzene rings is 1. The quantitative estimate of drug-likeness (QED) is 0.535. The summed E-state index contributed by atoms with van der Waals surface area (Å²) in [5.41, 5.74) is -3.56. The van der Waals surface area contributed by atoms with E-state index in [1.807, 2.05) is 13.0 Å². The molecule has 6 rings (SSSR count). The number of methoxy groups -OCH3 is 1. The van der Waals surface area contributed by atoms with Crippen molar-refractivity contribution < 1.29 is 38.6 Å². The fraction of sp³-hybridized carbons (Fsp3) is 0.581. The molecule has 0 radical (unpaired) electrons. The minimum atomic E-state index is -2.01. The highest BCUT2D eigenvalue weighted by Crippen LogP contribution is 2.72. The summed E-state index contributed by atoms with van der Waals surface area (Å²) in [7, 11) is 1.32. The summed E-state index contributed by atoms with van der Waals surface area (Å²) >= 11 is 0. The normalized spacial score (nSPS) is 42.0. The molecule has 1 aliphatic heterocycles. The number of allylic oxidation sites excluding steroid dienone is 4. The van der Waals surface area contributed by atoms with Crippen LogP contribution in [0.4, 0.5) is 4.39 Å². The maximum Gasteiger partial charge on any atom is 0.337 e. The van der Waals surface area contributed by atoms with E-state index in [1.165, 1.54) is 19.3 Å². The standard InChI is InChI=1S/C31H36FNO7/c1-28-10-9-22(35)12-20(28)7-8-23-24-13-21-16-33(15-18-5-4-6-19(11-18)27(38)39-3)40-31(21,26(37)17-34)29(24,2)14-25(36)30(23,28)32/h4-6,9-12,21,23-25,34,36H,7-8,13-17H2,1-3H3/t21-,23-,24-,25-,28-,29-,30-,31-/m0/s1. The van der Waals surface area contributed by atoms with Gasteiger partial charge in [-0.25, -0.2) is 9.18 Å². The first-order valence-electron chi connectivity index (χ1n) is 14.0. The van der Waals surface area contributed by atoms with E-state index in [1.54, 1.807) is 36.3 Å². The largest absolute Gasteiger partial charge is 0.465 e. The van der Waals surface area contributed by atoms with Crippen LogP contribution in [0.1, 0.15) is 55.5 Å². The number of hydrogen-bond donors (Lipinski definition) is 2. The van der Waals surface area contributed by atoms with E-state index in [0.717, 1.165) is 5.56 Å². The third-order valence-electron chi connectivity index (χ3n) is 11.0. The van der Waals surface area contributed by atoms with Gasteiger partial charge in [-0.2, -0.15) is 5.06 Å². The number of nitrogens with zero attached hydrogens (tertiary/aromatic N) is 1. The van der Waals surface area contributed by atoms with Gasteiger partial charge in [-0.3, -0.25) is 14.4 Å². The average Bonchev–Trinajstić information content (AvgIpc) is 3.41. The first kappa shape index (κ1) is 27.4. The molecule has 1 saturated heterocycles. The Hall–Kier alpha value is -2.72. The Balaban J connectivity index is 1.34. The van der Waals surface area contributed by atoms with Crippen LogP contribution in [0.3, 0.4) is 0 Å². The molecule has 8 atom stereocenters. The Labute approximate surface area is 232 Å². The molecular weight excluding hydrogens is 517 g/mol. The SMILES string of the molecule is COC(=O)c1cccc(CN2C[C@@H]3C[C@H]4[C@@H]5CCC6=CC(=O)C=C[C@]6(C)[C@@]5(F)[C@@H](O)C[C@]4(C)[C@]3(C(=O)CO)O2)c1. The zero-order valence-corrected chi connectivity index (χ0v) is 23.1. The van der Waals surface area contributed by atoms with Crippen LogP contribution >= 0.6 is 0 Å². The van der Waals surface area contributed by atoms with Gasteiger partial charge in [0, 0.05) is 35.8 Å². The summed E-state index contributed by atoms with van der Waals surface area (Å²) in [5, 5.41) is 23.5. The second-order valence-electron chi connectivity index (χ2n) is 12.6. The van der Waals surface area contributed by atoms with E-state index in [4.69, 9.17) is 9.57 Å². The predicted octanol–water partition coefficient (Wildman–Crippen LogP) is 3.12. The van der Waals surface area contributed by atoms with Crippen molar-refractivity contribution in [3.8, 4) is 0 Å². The van der Waals surface area contributed by atoms with E-state index in [0.29, 0.717) is 43.5 Å². The van der Waals surface area contributed by atoms with Gasteiger partial charge in [-0.1, -0.05) is 30.7 Å². The summed E-state index contributed by atoms with van der Waals surface area (Å²) in [4.78, 5) is 44.3. The minimum absolute atomic E-state index is 0.0107. The molecule has 0 bridgehead atoms. The number of rotatable bonds is 5. The van der Waals surface area contributed by atoms with Gasteiger partial charge in [0.15, 0.2) is 22.8 Å². The average molecular weight is 554 g/mol. The van der Waals surface area contributed by atoms with Crippen molar-refractivity contribution in [3.63, 3.8) is 0 Å². The molecule has 8 nitrogen and oxygen atoms in total. The zero-order valence-electron chi connectivity index (χ0n) is 23.1. The second-order valence-corrected chi connectivity index (χ2v) is 12.6. The number of carbonyl (C=O) groups is 3. The summed E-state index contributed by atoms with van der Waals surface area (Å²) in [6, 6.07) is 6.98. The molecule has 214 valence electrons. The molecule has 40 heavy (non-hydrogen) atoms. The molecule has 4 aliphatic carbocycles. The number of hydrogen-bond acceptors (Lipinski definition) is 8. The first-order chi connectivity index (χ1) is 18.9. The van der Waals surface area contributed by atoms with Gasteiger partial charge in [0.05, 0.1) is 18.8 Å².